The molecule has 0 rings (SSSR count). The number of unbranched alkanes of at least 4 members (excludes halogenated alkanes) is 17. The Hall–Kier alpha value is -2.68. The molecule has 2 amide bonds. The molecule has 9 heteroatoms. The number of carboxylic acids is 1. The number of ether oxygens (including phenoxy) is 1. The standard InChI is InChI=1S/C40H72N2O7/c1-3-5-7-9-10-11-12-13-14-15-16-17-18-19-20-21-22-28-32-39(46)49-35(29-25-8-6-4-2)30-26-23-24-27-31-37(44)41-33-38(45)42-36(34-43)40(47)48/h11-12,14-15,35-36,43H,3-10,13,16-34H2,1-2H3,(H,41,44)(H,42,45)(H,47,48)/b12-11-,15-14-. The van der Waals surface area contributed by atoms with Crippen LogP contribution < -0.4 is 10.6 Å². The molecule has 0 spiro atoms. The Balaban J connectivity index is 4.00. The van der Waals surface area contributed by atoms with Crippen LogP contribution in [0, 0.1) is 0 Å². The maximum atomic E-state index is 12.6. The van der Waals surface area contributed by atoms with Crippen molar-refractivity contribution in [3.63, 3.8) is 0 Å². The second-order valence-corrected chi connectivity index (χ2v) is 13.4. The highest BCUT2D eigenvalue weighted by Gasteiger charge is 2.19. The van der Waals surface area contributed by atoms with Gasteiger partial charge in [-0.3, -0.25) is 14.4 Å². The number of carbonyl (C=O) groups is 4. The molecular formula is C40H72N2O7. The normalized spacial score (nSPS) is 12.7. The lowest BCUT2D eigenvalue weighted by Crippen LogP contribution is -2.47. The number of carbonyl (C=O) groups excluding carboxylic acids is 3. The monoisotopic (exact) mass is 693 g/mol. The van der Waals surface area contributed by atoms with Crippen LogP contribution in [0.2, 0.25) is 0 Å². The van der Waals surface area contributed by atoms with Gasteiger partial charge in [0.1, 0.15) is 12.1 Å². The first-order chi connectivity index (χ1) is 23.8. The highest BCUT2D eigenvalue weighted by Crippen LogP contribution is 2.18. The van der Waals surface area contributed by atoms with Crippen LogP contribution in [0.1, 0.15) is 181 Å². The van der Waals surface area contributed by atoms with Gasteiger partial charge in [0, 0.05) is 12.8 Å². The number of amides is 2. The van der Waals surface area contributed by atoms with Crippen LogP contribution in [0.5, 0.6) is 0 Å². The maximum Gasteiger partial charge on any atom is 0.328 e. The first-order valence-corrected chi connectivity index (χ1v) is 19.7. The molecule has 2 atom stereocenters. The molecule has 0 fully saturated rings. The molecule has 0 aliphatic carbocycles. The molecule has 49 heavy (non-hydrogen) atoms. The van der Waals surface area contributed by atoms with Gasteiger partial charge < -0.3 is 25.6 Å². The summed E-state index contributed by atoms with van der Waals surface area (Å²) in [6, 6.07) is -1.38. The molecule has 0 saturated heterocycles. The molecule has 0 aromatic heterocycles. The fourth-order valence-corrected chi connectivity index (χ4v) is 5.63. The number of esters is 1. The van der Waals surface area contributed by atoms with Gasteiger partial charge in [-0.25, -0.2) is 4.79 Å². The molecule has 9 nitrogen and oxygen atoms in total. The smallest absolute Gasteiger partial charge is 0.328 e. The zero-order valence-corrected chi connectivity index (χ0v) is 31.2. The minimum atomic E-state index is -1.38. The Labute approximate surface area is 298 Å². The van der Waals surface area contributed by atoms with Crippen LogP contribution in [0.25, 0.3) is 0 Å². The number of aliphatic hydroxyl groups is 1. The van der Waals surface area contributed by atoms with Crippen LogP contribution in [0.15, 0.2) is 24.3 Å². The molecule has 0 aliphatic heterocycles. The van der Waals surface area contributed by atoms with Gasteiger partial charge in [-0.1, -0.05) is 122 Å². The summed E-state index contributed by atoms with van der Waals surface area (Å²) < 4.78 is 5.91. The van der Waals surface area contributed by atoms with E-state index in [1.165, 1.54) is 83.5 Å². The van der Waals surface area contributed by atoms with E-state index in [2.05, 4.69) is 48.8 Å². The van der Waals surface area contributed by atoms with Gasteiger partial charge in [0.25, 0.3) is 0 Å². The lowest BCUT2D eigenvalue weighted by molar-refractivity contribution is -0.150. The van der Waals surface area contributed by atoms with E-state index in [0.717, 1.165) is 64.2 Å². The zero-order chi connectivity index (χ0) is 36.2. The summed E-state index contributed by atoms with van der Waals surface area (Å²) in [7, 11) is 0. The molecular weight excluding hydrogens is 620 g/mol. The maximum absolute atomic E-state index is 12.6. The van der Waals surface area contributed by atoms with Crippen molar-refractivity contribution >= 4 is 23.8 Å². The Morgan fingerprint density at radius 1 is 0.612 bits per heavy atom. The molecule has 0 saturated carbocycles. The lowest BCUT2D eigenvalue weighted by atomic mass is 10.0. The summed E-state index contributed by atoms with van der Waals surface area (Å²) in [4.78, 5) is 47.2. The second kappa shape index (κ2) is 35.2. The minimum absolute atomic E-state index is 0.0414. The van der Waals surface area contributed by atoms with E-state index >= 15 is 0 Å². The second-order valence-electron chi connectivity index (χ2n) is 13.4. The predicted molar refractivity (Wildman–Crippen MR) is 199 cm³/mol. The van der Waals surface area contributed by atoms with Crippen molar-refractivity contribution in [3.8, 4) is 0 Å². The fraction of sp³-hybridized carbons (Fsp3) is 0.800. The summed E-state index contributed by atoms with van der Waals surface area (Å²) in [6.45, 7) is 3.39. The van der Waals surface area contributed by atoms with Crippen molar-refractivity contribution < 1.29 is 34.1 Å². The van der Waals surface area contributed by atoms with Gasteiger partial charge in [-0.2, -0.15) is 0 Å². The number of carboxylic acid groups (broad SMARTS) is 1. The molecule has 0 radical (unpaired) electrons. The van der Waals surface area contributed by atoms with Gasteiger partial charge in [0.05, 0.1) is 13.2 Å². The molecule has 0 aromatic carbocycles. The molecule has 0 heterocycles. The summed E-state index contributed by atoms with van der Waals surface area (Å²) in [6.07, 6.45) is 36.6. The summed E-state index contributed by atoms with van der Waals surface area (Å²) >= 11 is 0. The van der Waals surface area contributed by atoms with Crippen LogP contribution in [0.3, 0.4) is 0 Å². The van der Waals surface area contributed by atoms with Gasteiger partial charge in [-0.05, 0) is 70.6 Å². The number of aliphatic hydroxyl groups excluding tert-OH is 1. The summed E-state index contributed by atoms with van der Waals surface area (Å²) in [5, 5.41) is 22.5. The van der Waals surface area contributed by atoms with E-state index in [1.54, 1.807) is 0 Å². The number of hydrogen-bond donors (Lipinski definition) is 4. The summed E-state index contributed by atoms with van der Waals surface area (Å²) in [5.74, 6) is -2.35. The Kier molecular flexibility index (Phi) is 33.2. The van der Waals surface area contributed by atoms with Crippen LogP contribution in [0.4, 0.5) is 0 Å². The Bertz CT molecular complexity index is 890. The fourth-order valence-electron chi connectivity index (χ4n) is 5.63. The van der Waals surface area contributed by atoms with E-state index in [4.69, 9.17) is 14.9 Å². The van der Waals surface area contributed by atoms with Crippen LogP contribution in [-0.2, 0) is 23.9 Å². The van der Waals surface area contributed by atoms with Crippen molar-refractivity contribution in [2.45, 2.75) is 193 Å². The van der Waals surface area contributed by atoms with E-state index in [0.29, 0.717) is 12.8 Å². The summed E-state index contributed by atoms with van der Waals surface area (Å²) in [5.41, 5.74) is 0. The van der Waals surface area contributed by atoms with Crippen molar-refractivity contribution in [2.75, 3.05) is 13.2 Å². The highest BCUT2D eigenvalue weighted by molar-refractivity contribution is 5.87. The third kappa shape index (κ3) is 32.3. The number of aliphatic carboxylic acids is 1. The van der Waals surface area contributed by atoms with E-state index in [9.17, 15) is 19.2 Å². The van der Waals surface area contributed by atoms with Gasteiger partial charge >= 0.3 is 11.9 Å². The molecule has 0 aliphatic rings. The third-order valence-corrected chi connectivity index (χ3v) is 8.70. The third-order valence-electron chi connectivity index (χ3n) is 8.70. The first kappa shape index (κ1) is 46.3. The van der Waals surface area contributed by atoms with Gasteiger partial charge in [0.15, 0.2) is 0 Å². The van der Waals surface area contributed by atoms with E-state index < -0.39 is 24.5 Å². The first-order valence-electron chi connectivity index (χ1n) is 19.7. The number of allylic oxidation sites excluding steroid dienone is 4. The lowest BCUT2D eigenvalue weighted by Gasteiger charge is -2.18. The van der Waals surface area contributed by atoms with Crippen molar-refractivity contribution in [1.29, 1.82) is 0 Å². The Morgan fingerprint density at radius 3 is 1.65 bits per heavy atom. The van der Waals surface area contributed by atoms with E-state index in [-0.39, 0.29) is 30.9 Å². The number of hydrogen-bond acceptors (Lipinski definition) is 6. The SMILES string of the molecule is CCCCCC/C=C\C/C=C\CCCCCCCCCC(=O)OC(CCCCCC)CCCCCCC(=O)NCC(=O)NC(CO)C(=O)O. The van der Waals surface area contributed by atoms with E-state index in [1.807, 2.05) is 0 Å². The predicted octanol–water partition coefficient (Wildman–Crippen LogP) is 8.87. The highest BCUT2D eigenvalue weighted by atomic mass is 16.5. The van der Waals surface area contributed by atoms with Crippen molar-refractivity contribution in [2.24, 2.45) is 0 Å². The zero-order valence-electron chi connectivity index (χ0n) is 31.2. The minimum Gasteiger partial charge on any atom is -0.480 e. The van der Waals surface area contributed by atoms with Gasteiger partial charge in [-0.15, -0.1) is 0 Å². The average Bonchev–Trinajstić information content (AvgIpc) is 3.08. The number of rotatable bonds is 35. The Morgan fingerprint density at radius 2 is 1.10 bits per heavy atom. The topological polar surface area (TPSA) is 142 Å². The quantitative estimate of drug-likeness (QED) is 0.0295. The molecule has 0 bridgehead atoms. The molecule has 4 N–H and O–H groups in total. The molecule has 2 unspecified atom stereocenters. The van der Waals surface area contributed by atoms with Crippen molar-refractivity contribution in [3.05, 3.63) is 24.3 Å². The van der Waals surface area contributed by atoms with Gasteiger partial charge in [0.2, 0.25) is 11.8 Å². The average molecular weight is 693 g/mol. The van der Waals surface area contributed by atoms with Crippen LogP contribution in [-0.4, -0.2) is 59.3 Å². The van der Waals surface area contributed by atoms with Crippen molar-refractivity contribution in [1.82, 2.24) is 10.6 Å². The number of nitrogens with one attached hydrogen (secondary N) is 2. The largest absolute Gasteiger partial charge is 0.480 e. The molecule has 284 valence electrons. The molecule has 0 aromatic rings. The van der Waals surface area contributed by atoms with Crippen LogP contribution >= 0.6 is 0 Å².